The van der Waals surface area contributed by atoms with Gasteiger partial charge in [0.05, 0.1) is 0 Å². The highest BCUT2D eigenvalue weighted by Gasteiger charge is 2.03. The van der Waals surface area contributed by atoms with Crippen LogP contribution in [0.25, 0.3) is 0 Å². The Balaban J connectivity index is 2.70. The van der Waals surface area contributed by atoms with Crippen LogP contribution in [0.4, 0.5) is 0 Å². The summed E-state index contributed by atoms with van der Waals surface area (Å²) in [7, 11) is 0. The SMILES string of the molecule is C[C@H](N)CCc1cc(O)ccc1O. The predicted octanol–water partition coefficient (Wildman–Crippen LogP) is 1.38. The molecule has 1 atom stereocenters. The largest absolute Gasteiger partial charge is 0.508 e. The summed E-state index contributed by atoms with van der Waals surface area (Å²) in [6.07, 6.45) is 1.49. The van der Waals surface area contributed by atoms with Gasteiger partial charge >= 0.3 is 0 Å². The predicted molar refractivity (Wildman–Crippen MR) is 51.7 cm³/mol. The molecule has 13 heavy (non-hydrogen) atoms. The van der Waals surface area contributed by atoms with Crippen LogP contribution in [0.2, 0.25) is 0 Å². The molecular formula is C10H15NO2. The third kappa shape index (κ3) is 2.95. The zero-order valence-electron chi connectivity index (χ0n) is 7.70. The van der Waals surface area contributed by atoms with Gasteiger partial charge in [-0.25, -0.2) is 0 Å². The molecule has 0 aliphatic carbocycles. The molecule has 0 bridgehead atoms. The number of aromatic hydroxyl groups is 2. The molecule has 0 radical (unpaired) electrons. The van der Waals surface area contributed by atoms with E-state index in [1.165, 1.54) is 12.1 Å². The summed E-state index contributed by atoms with van der Waals surface area (Å²) in [5.41, 5.74) is 6.33. The van der Waals surface area contributed by atoms with Crippen molar-refractivity contribution in [1.82, 2.24) is 0 Å². The van der Waals surface area contributed by atoms with E-state index in [1.807, 2.05) is 6.92 Å². The number of aryl methyl sites for hydroxylation is 1. The first kappa shape index (κ1) is 9.86. The molecule has 0 aliphatic heterocycles. The van der Waals surface area contributed by atoms with Crippen molar-refractivity contribution >= 4 is 0 Å². The molecule has 3 heteroatoms. The summed E-state index contributed by atoms with van der Waals surface area (Å²) >= 11 is 0. The van der Waals surface area contributed by atoms with Crippen LogP contribution in [0.3, 0.4) is 0 Å². The van der Waals surface area contributed by atoms with Gasteiger partial charge in [-0.1, -0.05) is 0 Å². The third-order valence-electron chi connectivity index (χ3n) is 1.93. The Labute approximate surface area is 77.8 Å². The summed E-state index contributed by atoms with van der Waals surface area (Å²) in [4.78, 5) is 0. The van der Waals surface area contributed by atoms with Crippen molar-refractivity contribution in [3.05, 3.63) is 23.8 Å². The molecule has 72 valence electrons. The Morgan fingerprint density at radius 2 is 2.08 bits per heavy atom. The Morgan fingerprint density at radius 3 is 2.69 bits per heavy atom. The molecule has 0 amide bonds. The van der Waals surface area contributed by atoms with Crippen molar-refractivity contribution in [2.45, 2.75) is 25.8 Å². The molecule has 1 rings (SSSR count). The number of phenolic OH excluding ortho intramolecular Hbond substituents is 2. The first-order chi connectivity index (χ1) is 6.09. The standard InChI is InChI=1S/C10H15NO2/c1-7(11)2-3-8-6-9(12)4-5-10(8)13/h4-7,12-13H,2-3,11H2,1H3/t7-/m0/s1. The van der Waals surface area contributed by atoms with Gasteiger partial charge in [0.1, 0.15) is 11.5 Å². The van der Waals surface area contributed by atoms with E-state index in [0.717, 1.165) is 12.0 Å². The second-order valence-electron chi connectivity index (χ2n) is 3.33. The molecule has 0 aliphatic rings. The smallest absolute Gasteiger partial charge is 0.119 e. The lowest BCUT2D eigenvalue weighted by molar-refractivity contribution is 0.452. The average Bonchev–Trinajstić information content (AvgIpc) is 2.06. The average molecular weight is 181 g/mol. The van der Waals surface area contributed by atoms with Crippen LogP contribution >= 0.6 is 0 Å². The number of rotatable bonds is 3. The van der Waals surface area contributed by atoms with Crippen LogP contribution in [0.15, 0.2) is 18.2 Å². The van der Waals surface area contributed by atoms with Gasteiger partial charge in [-0.2, -0.15) is 0 Å². The molecule has 0 heterocycles. The lowest BCUT2D eigenvalue weighted by atomic mass is 10.1. The molecular weight excluding hydrogens is 166 g/mol. The van der Waals surface area contributed by atoms with Crippen molar-refractivity contribution in [1.29, 1.82) is 0 Å². The number of phenols is 2. The Morgan fingerprint density at radius 1 is 1.38 bits per heavy atom. The zero-order chi connectivity index (χ0) is 9.84. The minimum atomic E-state index is 0.113. The van der Waals surface area contributed by atoms with Crippen LogP contribution in [0.1, 0.15) is 18.9 Å². The molecule has 1 aromatic rings. The minimum Gasteiger partial charge on any atom is -0.508 e. The van der Waals surface area contributed by atoms with Crippen LogP contribution in [-0.2, 0) is 6.42 Å². The highest BCUT2D eigenvalue weighted by Crippen LogP contribution is 2.23. The van der Waals surface area contributed by atoms with Gasteiger partial charge in [-0.05, 0) is 43.5 Å². The number of hydrogen-bond acceptors (Lipinski definition) is 3. The number of nitrogens with two attached hydrogens (primary N) is 1. The first-order valence-corrected chi connectivity index (χ1v) is 4.36. The molecule has 0 fully saturated rings. The fraction of sp³-hybridized carbons (Fsp3) is 0.400. The van der Waals surface area contributed by atoms with Crippen molar-refractivity contribution in [2.75, 3.05) is 0 Å². The van der Waals surface area contributed by atoms with E-state index >= 15 is 0 Å². The van der Waals surface area contributed by atoms with Gasteiger partial charge in [-0.15, -0.1) is 0 Å². The minimum absolute atomic E-state index is 0.113. The fourth-order valence-electron chi connectivity index (χ4n) is 1.16. The Kier molecular flexibility index (Phi) is 3.14. The topological polar surface area (TPSA) is 66.5 Å². The second-order valence-corrected chi connectivity index (χ2v) is 3.33. The normalized spacial score (nSPS) is 12.8. The van der Waals surface area contributed by atoms with E-state index in [4.69, 9.17) is 10.8 Å². The molecule has 0 saturated carbocycles. The molecule has 1 aromatic carbocycles. The zero-order valence-corrected chi connectivity index (χ0v) is 7.70. The molecule has 0 aromatic heterocycles. The van der Waals surface area contributed by atoms with Crippen LogP contribution < -0.4 is 5.73 Å². The van der Waals surface area contributed by atoms with Gasteiger partial charge in [-0.3, -0.25) is 0 Å². The van der Waals surface area contributed by atoms with Gasteiger partial charge in [0.25, 0.3) is 0 Å². The fourth-order valence-corrected chi connectivity index (χ4v) is 1.16. The first-order valence-electron chi connectivity index (χ1n) is 4.36. The number of hydrogen-bond donors (Lipinski definition) is 3. The molecule has 0 saturated heterocycles. The van der Waals surface area contributed by atoms with E-state index in [1.54, 1.807) is 6.07 Å². The lowest BCUT2D eigenvalue weighted by Crippen LogP contribution is -2.15. The monoisotopic (exact) mass is 181 g/mol. The Bertz CT molecular complexity index is 284. The van der Waals surface area contributed by atoms with E-state index in [2.05, 4.69) is 0 Å². The van der Waals surface area contributed by atoms with E-state index in [-0.39, 0.29) is 17.5 Å². The van der Waals surface area contributed by atoms with Crippen molar-refractivity contribution in [3.63, 3.8) is 0 Å². The summed E-state index contributed by atoms with van der Waals surface area (Å²) in [5, 5.41) is 18.6. The third-order valence-corrected chi connectivity index (χ3v) is 1.93. The summed E-state index contributed by atoms with van der Waals surface area (Å²) in [6.45, 7) is 1.92. The van der Waals surface area contributed by atoms with Gasteiger partial charge in [0.15, 0.2) is 0 Å². The van der Waals surface area contributed by atoms with Crippen molar-refractivity contribution in [3.8, 4) is 11.5 Å². The second kappa shape index (κ2) is 4.14. The highest BCUT2D eigenvalue weighted by molar-refractivity contribution is 5.38. The maximum Gasteiger partial charge on any atom is 0.119 e. The summed E-state index contributed by atoms with van der Waals surface area (Å²) in [6, 6.07) is 4.63. The highest BCUT2D eigenvalue weighted by atomic mass is 16.3. The van der Waals surface area contributed by atoms with Crippen molar-refractivity contribution < 1.29 is 10.2 Å². The maximum atomic E-state index is 9.40. The van der Waals surface area contributed by atoms with Crippen LogP contribution in [0, 0.1) is 0 Å². The quantitative estimate of drug-likeness (QED) is 0.617. The molecule has 0 spiro atoms. The molecule has 3 nitrogen and oxygen atoms in total. The van der Waals surface area contributed by atoms with E-state index < -0.39 is 0 Å². The van der Waals surface area contributed by atoms with Gasteiger partial charge in [0, 0.05) is 6.04 Å². The molecule has 4 N–H and O–H groups in total. The Hall–Kier alpha value is -1.22. The maximum absolute atomic E-state index is 9.40. The van der Waals surface area contributed by atoms with Gasteiger partial charge in [0.2, 0.25) is 0 Å². The van der Waals surface area contributed by atoms with E-state index in [0.29, 0.717) is 6.42 Å². The summed E-state index contributed by atoms with van der Waals surface area (Å²) in [5.74, 6) is 0.399. The lowest BCUT2D eigenvalue weighted by Gasteiger charge is -2.07. The van der Waals surface area contributed by atoms with Gasteiger partial charge < -0.3 is 15.9 Å². The van der Waals surface area contributed by atoms with Crippen molar-refractivity contribution in [2.24, 2.45) is 5.73 Å². The van der Waals surface area contributed by atoms with Crippen LogP contribution in [0.5, 0.6) is 11.5 Å². The van der Waals surface area contributed by atoms with E-state index in [9.17, 15) is 5.11 Å². The van der Waals surface area contributed by atoms with Crippen LogP contribution in [-0.4, -0.2) is 16.3 Å². The summed E-state index contributed by atoms with van der Waals surface area (Å²) < 4.78 is 0. The molecule has 0 unspecified atom stereocenters. The number of benzene rings is 1.